The van der Waals surface area contributed by atoms with Crippen LogP contribution in [0.15, 0.2) is 59.3 Å². The normalized spacial score (nSPS) is 11.5. The van der Waals surface area contributed by atoms with Gasteiger partial charge in [-0.15, -0.1) is 0 Å². The molecule has 4 aromatic rings. The van der Waals surface area contributed by atoms with Gasteiger partial charge in [-0.2, -0.15) is 14.8 Å². The van der Waals surface area contributed by atoms with Crippen LogP contribution in [-0.4, -0.2) is 30.8 Å². The Morgan fingerprint density at radius 3 is 2.62 bits per heavy atom. The molecule has 32 heavy (non-hydrogen) atoms. The second-order valence-electron chi connectivity index (χ2n) is 8.33. The Balaban J connectivity index is 1.45. The zero-order chi connectivity index (χ0) is 22.7. The van der Waals surface area contributed by atoms with Crippen molar-refractivity contribution in [1.29, 1.82) is 0 Å². The fourth-order valence-electron chi connectivity index (χ4n) is 2.99. The molecule has 1 N–H and O–H groups in total. The summed E-state index contributed by atoms with van der Waals surface area (Å²) in [4.78, 5) is 21.3. The van der Waals surface area contributed by atoms with Crippen molar-refractivity contribution >= 4 is 11.7 Å². The number of nitrogens with zero attached hydrogens (tertiary/aromatic N) is 5. The monoisotopic (exact) mass is 434 g/mol. The molecule has 0 aliphatic heterocycles. The number of anilines is 1. The number of nitrogens with one attached hydrogen (secondary N) is 1. The van der Waals surface area contributed by atoms with Crippen molar-refractivity contribution in [2.75, 3.05) is 5.32 Å². The van der Waals surface area contributed by atoms with E-state index in [9.17, 15) is 9.18 Å². The van der Waals surface area contributed by atoms with Gasteiger partial charge < -0.3 is 9.84 Å². The molecule has 1 aromatic carbocycles. The largest absolute Gasteiger partial charge is 0.339 e. The summed E-state index contributed by atoms with van der Waals surface area (Å²) >= 11 is 0. The van der Waals surface area contributed by atoms with Crippen molar-refractivity contribution in [2.24, 2.45) is 0 Å². The summed E-state index contributed by atoms with van der Waals surface area (Å²) in [7, 11) is 0. The molecule has 0 saturated carbocycles. The number of amides is 1. The van der Waals surface area contributed by atoms with Gasteiger partial charge in [0.2, 0.25) is 17.6 Å². The van der Waals surface area contributed by atoms with Gasteiger partial charge in [0.15, 0.2) is 5.82 Å². The lowest BCUT2D eigenvalue weighted by atomic mass is 9.92. The number of hydrogen-bond acceptors (Lipinski definition) is 6. The third kappa shape index (κ3) is 4.88. The highest BCUT2D eigenvalue weighted by atomic mass is 19.1. The number of aryl methyl sites for hydroxylation is 1. The Morgan fingerprint density at radius 1 is 1.16 bits per heavy atom. The van der Waals surface area contributed by atoms with Crippen molar-refractivity contribution in [3.63, 3.8) is 0 Å². The number of hydrogen-bond donors (Lipinski definition) is 1. The van der Waals surface area contributed by atoms with Gasteiger partial charge in [-0.05, 0) is 36.4 Å². The molecule has 0 aliphatic rings. The fraction of sp³-hybridized carbons (Fsp3) is 0.261. The van der Waals surface area contributed by atoms with E-state index in [-0.39, 0.29) is 30.0 Å². The van der Waals surface area contributed by atoms with Crippen LogP contribution in [0.4, 0.5) is 10.2 Å². The molecule has 0 fully saturated rings. The standard InChI is InChI=1S/C23H23FN6O2/c1-23(2,3)17-14-19(30(28-17)18-6-4-5-13-25-18)26-20(31)11-12-21-27-22(29-32-21)15-7-9-16(24)10-8-15/h4-10,13-14H,11-12H2,1-3H3,(H,26,31). The van der Waals surface area contributed by atoms with Crippen LogP contribution in [0.1, 0.15) is 38.8 Å². The Labute approximate surface area is 184 Å². The van der Waals surface area contributed by atoms with Gasteiger partial charge in [-0.1, -0.05) is 32.0 Å². The minimum Gasteiger partial charge on any atom is -0.339 e. The van der Waals surface area contributed by atoms with E-state index < -0.39 is 0 Å². The number of carbonyl (C=O) groups is 1. The number of carbonyl (C=O) groups excluding carboxylic acids is 1. The number of rotatable bonds is 6. The smallest absolute Gasteiger partial charge is 0.227 e. The van der Waals surface area contributed by atoms with Gasteiger partial charge in [0, 0.05) is 36.1 Å². The van der Waals surface area contributed by atoms with Crippen LogP contribution in [0.3, 0.4) is 0 Å². The van der Waals surface area contributed by atoms with E-state index in [0.717, 1.165) is 5.69 Å². The zero-order valence-corrected chi connectivity index (χ0v) is 18.0. The van der Waals surface area contributed by atoms with Crippen LogP contribution in [0, 0.1) is 5.82 Å². The average molecular weight is 434 g/mol. The Morgan fingerprint density at radius 2 is 1.94 bits per heavy atom. The minimum absolute atomic E-state index is 0.142. The Hall–Kier alpha value is -3.88. The summed E-state index contributed by atoms with van der Waals surface area (Å²) in [5, 5.41) is 11.4. The van der Waals surface area contributed by atoms with Gasteiger partial charge in [0.25, 0.3) is 0 Å². The van der Waals surface area contributed by atoms with E-state index in [4.69, 9.17) is 4.52 Å². The molecule has 0 saturated heterocycles. The lowest BCUT2D eigenvalue weighted by Crippen LogP contribution is -2.16. The first-order valence-electron chi connectivity index (χ1n) is 10.2. The highest BCUT2D eigenvalue weighted by molar-refractivity contribution is 5.90. The number of halogens is 1. The maximum Gasteiger partial charge on any atom is 0.227 e. The topological polar surface area (TPSA) is 98.7 Å². The van der Waals surface area contributed by atoms with E-state index >= 15 is 0 Å². The Bertz CT molecular complexity index is 1210. The maximum absolute atomic E-state index is 13.1. The van der Waals surface area contributed by atoms with Crippen molar-refractivity contribution < 1.29 is 13.7 Å². The number of benzene rings is 1. The highest BCUT2D eigenvalue weighted by Crippen LogP contribution is 2.26. The van der Waals surface area contributed by atoms with E-state index in [1.54, 1.807) is 23.0 Å². The molecule has 0 aliphatic carbocycles. The molecule has 8 nitrogen and oxygen atoms in total. The van der Waals surface area contributed by atoms with Gasteiger partial charge in [-0.25, -0.2) is 9.37 Å². The second-order valence-corrected chi connectivity index (χ2v) is 8.33. The molecule has 0 bridgehead atoms. The fourth-order valence-corrected chi connectivity index (χ4v) is 2.99. The molecule has 0 atom stereocenters. The van der Waals surface area contributed by atoms with E-state index in [2.05, 4.69) is 46.3 Å². The maximum atomic E-state index is 13.1. The molecule has 9 heteroatoms. The summed E-state index contributed by atoms with van der Waals surface area (Å²) in [6, 6.07) is 13.2. The SMILES string of the molecule is CC(C)(C)c1cc(NC(=O)CCc2nc(-c3ccc(F)cc3)no2)n(-c2ccccn2)n1. The van der Waals surface area contributed by atoms with Crippen molar-refractivity contribution in [2.45, 2.75) is 39.0 Å². The summed E-state index contributed by atoms with van der Waals surface area (Å²) < 4.78 is 19.9. The van der Waals surface area contributed by atoms with Gasteiger partial charge in [0.05, 0.1) is 5.69 Å². The summed E-state index contributed by atoms with van der Waals surface area (Å²) in [5.41, 5.74) is 1.28. The van der Waals surface area contributed by atoms with Crippen LogP contribution in [0.25, 0.3) is 17.2 Å². The van der Waals surface area contributed by atoms with Crippen molar-refractivity contribution in [3.05, 3.63) is 72.1 Å². The van der Waals surface area contributed by atoms with E-state index in [0.29, 0.717) is 28.9 Å². The quantitative estimate of drug-likeness (QED) is 0.485. The van der Waals surface area contributed by atoms with Crippen LogP contribution >= 0.6 is 0 Å². The molecule has 0 spiro atoms. The van der Waals surface area contributed by atoms with Crippen LogP contribution < -0.4 is 5.32 Å². The predicted molar refractivity (Wildman–Crippen MR) is 117 cm³/mol. The van der Waals surface area contributed by atoms with Crippen molar-refractivity contribution in [3.8, 4) is 17.2 Å². The minimum atomic E-state index is -0.339. The van der Waals surface area contributed by atoms with Gasteiger partial charge in [0.1, 0.15) is 11.6 Å². The number of pyridine rings is 1. The van der Waals surface area contributed by atoms with Gasteiger partial charge in [-0.3, -0.25) is 4.79 Å². The third-order valence-electron chi connectivity index (χ3n) is 4.75. The number of aromatic nitrogens is 5. The van der Waals surface area contributed by atoms with E-state index in [1.165, 1.54) is 12.1 Å². The lowest BCUT2D eigenvalue weighted by molar-refractivity contribution is -0.116. The summed E-state index contributed by atoms with van der Waals surface area (Å²) in [5.74, 6) is 1.27. The predicted octanol–water partition coefficient (Wildman–Crippen LogP) is 4.33. The summed E-state index contributed by atoms with van der Waals surface area (Å²) in [6.45, 7) is 6.16. The first-order valence-corrected chi connectivity index (χ1v) is 10.2. The van der Waals surface area contributed by atoms with E-state index in [1.807, 2.05) is 24.3 Å². The average Bonchev–Trinajstić information content (AvgIpc) is 3.41. The molecule has 164 valence electrons. The second kappa shape index (κ2) is 8.70. The molecule has 1 amide bonds. The molecule has 0 radical (unpaired) electrons. The molecular weight excluding hydrogens is 411 g/mol. The van der Waals surface area contributed by atoms with Gasteiger partial charge >= 0.3 is 0 Å². The first kappa shape index (κ1) is 21.4. The van der Waals surface area contributed by atoms with Crippen LogP contribution in [-0.2, 0) is 16.6 Å². The van der Waals surface area contributed by atoms with Crippen molar-refractivity contribution in [1.82, 2.24) is 24.9 Å². The molecule has 3 heterocycles. The molecule has 0 unspecified atom stereocenters. The lowest BCUT2D eigenvalue weighted by Gasteiger charge is -2.13. The third-order valence-corrected chi connectivity index (χ3v) is 4.75. The summed E-state index contributed by atoms with van der Waals surface area (Å²) in [6.07, 6.45) is 2.08. The highest BCUT2D eigenvalue weighted by Gasteiger charge is 2.22. The zero-order valence-electron chi connectivity index (χ0n) is 18.0. The first-order chi connectivity index (χ1) is 15.3. The molecule has 4 rings (SSSR count). The Kier molecular flexibility index (Phi) is 5.81. The molecular formula is C23H23FN6O2. The van der Waals surface area contributed by atoms with Crippen LogP contribution in [0.2, 0.25) is 0 Å². The van der Waals surface area contributed by atoms with Crippen LogP contribution in [0.5, 0.6) is 0 Å². The molecule has 3 aromatic heterocycles.